The van der Waals surface area contributed by atoms with Crippen molar-refractivity contribution in [2.24, 2.45) is 0 Å². The fourth-order valence-electron chi connectivity index (χ4n) is 3.87. The molecule has 0 unspecified atom stereocenters. The second kappa shape index (κ2) is 10.8. The molecule has 2 aliphatic heterocycles. The van der Waals surface area contributed by atoms with Crippen molar-refractivity contribution in [3.05, 3.63) is 67.7 Å². The molecule has 0 saturated carbocycles. The van der Waals surface area contributed by atoms with E-state index in [-0.39, 0.29) is 29.5 Å². The largest absolute Gasteiger partial charge is 1.00 e. The number of rotatable bonds is 5. The van der Waals surface area contributed by atoms with E-state index >= 15 is 0 Å². The minimum atomic E-state index is 0. The summed E-state index contributed by atoms with van der Waals surface area (Å²) in [5.74, 6) is 1.12. The van der Waals surface area contributed by atoms with Crippen LogP contribution in [0.2, 0.25) is 0 Å². The number of thioether (sulfide) groups is 1. The van der Waals surface area contributed by atoms with Gasteiger partial charge in [-0.25, -0.2) is 4.58 Å². The molecule has 0 amide bonds. The summed E-state index contributed by atoms with van der Waals surface area (Å²) >= 11 is 3.46. The third-order valence-electron chi connectivity index (χ3n) is 5.52. The lowest BCUT2D eigenvalue weighted by Crippen LogP contribution is -3.00. The predicted octanol–water partition coefficient (Wildman–Crippen LogP) is 0.110. The van der Waals surface area contributed by atoms with Gasteiger partial charge < -0.3 is 28.9 Å². The van der Waals surface area contributed by atoms with E-state index in [1.807, 2.05) is 29.3 Å². The molecule has 4 rings (SSSR count). The molecule has 1 aromatic carbocycles. The van der Waals surface area contributed by atoms with Gasteiger partial charge in [0.2, 0.25) is 5.04 Å². The smallest absolute Gasteiger partial charge is 0.269 e. The van der Waals surface area contributed by atoms with Crippen molar-refractivity contribution < 1.29 is 28.6 Å². The van der Waals surface area contributed by atoms with Gasteiger partial charge >= 0.3 is 0 Å². The van der Waals surface area contributed by atoms with Crippen molar-refractivity contribution in [3.8, 4) is 0 Å². The van der Waals surface area contributed by atoms with Gasteiger partial charge in [-0.3, -0.25) is 9.36 Å². The van der Waals surface area contributed by atoms with Crippen LogP contribution in [0.3, 0.4) is 0 Å². The number of hydrogen-bond acceptors (Lipinski definition) is 4. The minimum Gasteiger partial charge on any atom is -1.00 e. The fourth-order valence-corrected chi connectivity index (χ4v) is 6.11. The second-order valence-electron chi connectivity index (χ2n) is 7.17. The van der Waals surface area contributed by atoms with E-state index in [1.54, 1.807) is 11.3 Å². The molecule has 0 spiro atoms. The Morgan fingerprint density at radius 3 is 2.68 bits per heavy atom. The summed E-state index contributed by atoms with van der Waals surface area (Å²) in [6, 6.07) is 8.43. The summed E-state index contributed by atoms with van der Waals surface area (Å²) < 4.78 is 6.08. The van der Waals surface area contributed by atoms with Crippen LogP contribution < -0.4 is 43.6 Å². The Labute approximate surface area is 209 Å². The number of para-hydroxylation sites is 1. The molecule has 0 bridgehead atoms. The summed E-state index contributed by atoms with van der Waals surface area (Å²) in [5.41, 5.74) is 3.64. The number of hydrogen-bond donors (Lipinski definition) is 0. The van der Waals surface area contributed by atoms with Crippen molar-refractivity contribution in [1.82, 2.24) is 4.57 Å². The molecule has 31 heavy (non-hydrogen) atoms. The molecule has 164 valence electrons. The number of aromatic nitrogens is 1. The van der Waals surface area contributed by atoms with Gasteiger partial charge in [-0.05, 0) is 44.6 Å². The number of thiazole rings is 1. The van der Waals surface area contributed by atoms with Crippen molar-refractivity contribution in [2.75, 3.05) is 30.3 Å². The molecule has 1 aromatic heterocycles. The highest BCUT2D eigenvalue weighted by atomic mass is 127. The molecule has 0 atom stereocenters. The Hall–Kier alpha value is -1.58. The van der Waals surface area contributed by atoms with E-state index in [0.29, 0.717) is 6.54 Å². The molecular formula is C24H28IN3OS2. The van der Waals surface area contributed by atoms with Gasteiger partial charge in [0, 0.05) is 30.5 Å². The zero-order valence-electron chi connectivity index (χ0n) is 18.2. The number of halogens is 1. The quantitative estimate of drug-likeness (QED) is 0.381. The third-order valence-corrected chi connectivity index (χ3v) is 7.65. The first kappa shape index (κ1) is 24.1. The molecule has 4 nitrogen and oxygen atoms in total. The van der Waals surface area contributed by atoms with Gasteiger partial charge in [-0.15, -0.1) is 11.3 Å². The Morgan fingerprint density at radius 2 is 1.94 bits per heavy atom. The van der Waals surface area contributed by atoms with Gasteiger partial charge in [0.25, 0.3) is 5.56 Å². The highest BCUT2D eigenvalue weighted by Crippen LogP contribution is 2.32. The molecule has 3 heterocycles. The lowest BCUT2D eigenvalue weighted by Gasteiger charge is -2.26. The summed E-state index contributed by atoms with van der Waals surface area (Å²) in [6.45, 7) is 10.1. The van der Waals surface area contributed by atoms with E-state index in [0.717, 1.165) is 40.2 Å². The minimum absolute atomic E-state index is 0. The Balaban J connectivity index is 0.00000272. The van der Waals surface area contributed by atoms with Crippen LogP contribution in [-0.4, -0.2) is 39.6 Å². The molecule has 0 fully saturated rings. The summed E-state index contributed by atoms with van der Waals surface area (Å²) in [5, 5.41) is 1.27. The van der Waals surface area contributed by atoms with Crippen LogP contribution >= 0.6 is 23.1 Å². The van der Waals surface area contributed by atoms with E-state index in [1.165, 1.54) is 16.3 Å². The van der Waals surface area contributed by atoms with Crippen molar-refractivity contribution in [1.29, 1.82) is 0 Å². The van der Waals surface area contributed by atoms with Gasteiger partial charge in [-0.2, -0.15) is 0 Å². The number of allylic oxidation sites excluding steroid dienone is 3. The van der Waals surface area contributed by atoms with Crippen LogP contribution in [0.4, 0.5) is 5.69 Å². The molecule has 2 aromatic rings. The maximum atomic E-state index is 13.0. The third kappa shape index (κ3) is 4.93. The number of benzene rings is 1. The first-order valence-corrected chi connectivity index (χ1v) is 12.4. The Kier molecular flexibility index (Phi) is 8.41. The van der Waals surface area contributed by atoms with E-state index < -0.39 is 0 Å². The average Bonchev–Trinajstić information content (AvgIpc) is 3.35. The van der Waals surface area contributed by atoms with Crippen LogP contribution in [0.5, 0.6) is 0 Å². The van der Waals surface area contributed by atoms with Crippen LogP contribution in [-0.2, 0) is 6.54 Å². The molecule has 0 saturated heterocycles. The molecule has 0 N–H and O–H groups in total. The first-order valence-electron chi connectivity index (χ1n) is 10.6. The summed E-state index contributed by atoms with van der Waals surface area (Å²) in [4.78, 5) is 15.2. The van der Waals surface area contributed by atoms with Crippen molar-refractivity contribution in [3.63, 3.8) is 0 Å². The zero-order chi connectivity index (χ0) is 21.1. The number of nitrogens with zero attached hydrogens (tertiary/aromatic N) is 3. The molecular weight excluding hydrogens is 537 g/mol. The first-order chi connectivity index (χ1) is 14.7. The number of fused-ring (bicyclic) bond motifs is 1. The van der Waals surface area contributed by atoms with Gasteiger partial charge in [0.05, 0.1) is 16.4 Å². The highest BCUT2D eigenvalue weighted by molar-refractivity contribution is 8.14. The van der Waals surface area contributed by atoms with Crippen LogP contribution in [0, 0.1) is 0 Å². The highest BCUT2D eigenvalue weighted by Gasteiger charge is 2.20. The van der Waals surface area contributed by atoms with E-state index in [4.69, 9.17) is 0 Å². The normalized spacial score (nSPS) is 18.2. The number of anilines is 1. The zero-order valence-corrected chi connectivity index (χ0v) is 22.0. The van der Waals surface area contributed by atoms with E-state index in [2.05, 4.69) is 72.0 Å². The van der Waals surface area contributed by atoms with Crippen molar-refractivity contribution >= 4 is 51.6 Å². The lowest BCUT2D eigenvalue weighted by atomic mass is 9.99. The summed E-state index contributed by atoms with van der Waals surface area (Å²) in [7, 11) is 0. The van der Waals surface area contributed by atoms with E-state index in [9.17, 15) is 4.79 Å². The molecule has 0 aliphatic carbocycles. The standard InChI is InChI=1S/C24H28N3OS2.HI/c1-4-25-14-13-18(19-9-7-8-10-20(19)25)11-12-21-24(28)27(6-3)23(30-21)17-22-26(5-2)15-16-29-22;/h7-14,17H,4-6,15-16H2,1-3H3;1H/q+1;/p-1/b18-11+,21-12?;. The predicted molar refractivity (Wildman–Crippen MR) is 132 cm³/mol. The van der Waals surface area contributed by atoms with Gasteiger partial charge in [0.15, 0.2) is 6.54 Å². The van der Waals surface area contributed by atoms with Crippen LogP contribution in [0.25, 0.3) is 17.7 Å². The summed E-state index contributed by atoms with van der Waals surface area (Å²) in [6.07, 6.45) is 10.5. The van der Waals surface area contributed by atoms with Gasteiger partial charge in [0.1, 0.15) is 11.2 Å². The Morgan fingerprint density at radius 1 is 1.13 bits per heavy atom. The monoisotopic (exact) mass is 565 g/mol. The molecule has 2 aliphatic rings. The Bertz CT molecular complexity index is 1220. The SMILES string of the molecule is CCN1C=C/C(=C\C=c2sc(=CC3=[N+](CC)CCS3)n(CC)c2=O)c2ccccc21.[I-]. The maximum Gasteiger partial charge on any atom is 0.269 e. The average molecular weight is 566 g/mol. The van der Waals surface area contributed by atoms with Crippen LogP contribution in [0.15, 0.2) is 47.4 Å². The van der Waals surface area contributed by atoms with Crippen LogP contribution in [0.1, 0.15) is 26.3 Å². The lowest BCUT2D eigenvalue weighted by molar-refractivity contribution is -0.512. The van der Waals surface area contributed by atoms with Crippen molar-refractivity contribution in [2.45, 2.75) is 27.3 Å². The topological polar surface area (TPSA) is 28.2 Å². The van der Waals surface area contributed by atoms with Gasteiger partial charge in [-0.1, -0.05) is 36.0 Å². The fraction of sp³-hybridized carbons (Fsp3) is 0.333. The second-order valence-corrected chi connectivity index (χ2v) is 9.35. The maximum absolute atomic E-state index is 13.0. The molecule has 0 radical (unpaired) electrons. The molecule has 7 heteroatoms.